The Morgan fingerprint density at radius 2 is 1.97 bits per heavy atom. The molecule has 1 aromatic carbocycles. The van der Waals surface area contributed by atoms with Crippen LogP contribution in [0.25, 0.3) is 21.9 Å². The molecule has 0 fully saturated rings. The van der Waals surface area contributed by atoms with Crippen LogP contribution in [0.15, 0.2) is 34.4 Å². The van der Waals surface area contributed by atoms with Crippen LogP contribution in [0.2, 0.25) is 0 Å². The van der Waals surface area contributed by atoms with Crippen LogP contribution in [0.5, 0.6) is 0 Å². The summed E-state index contributed by atoms with van der Waals surface area (Å²) >= 11 is 1.33. The molecule has 0 radical (unpaired) electrons. The van der Waals surface area contributed by atoms with Crippen molar-refractivity contribution < 1.29 is 9.18 Å². The molecule has 0 aliphatic carbocycles. The number of unbranched alkanes of at least 4 members (excludes halogenated alkanes) is 2. The van der Waals surface area contributed by atoms with Crippen LogP contribution in [-0.2, 0) is 11.2 Å². The molecule has 0 aliphatic rings. The Hall–Kier alpha value is -3.33. The molecule has 34 heavy (non-hydrogen) atoms. The van der Waals surface area contributed by atoms with Crippen molar-refractivity contribution in [2.45, 2.75) is 53.4 Å². The molecule has 7 nitrogen and oxygen atoms in total. The third kappa shape index (κ3) is 4.65. The van der Waals surface area contributed by atoms with Crippen LogP contribution < -0.4 is 10.9 Å². The third-order valence-corrected chi connectivity index (χ3v) is 6.68. The highest BCUT2D eigenvalue weighted by Gasteiger charge is 2.20. The lowest BCUT2D eigenvalue weighted by atomic mass is 10.1. The lowest BCUT2D eigenvalue weighted by molar-refractivity contribution is -0.120. The number of aromatic nitrogens is 4. The van der Waals surface area contributed by atoms with Crippen molar-refractivity contribution in [3.05, 3.63) is 68.5 Å². The topological polar surface area (TPSA) is 81.3 Å². The van der Waals surface area contributed by atoms with Crippen LogP contribution in [0.4, 0.5) is 4.39 Å². The molecule has 0 atom stereocenters. The summed E-state index contributed by atoms with van der Waals surface area (Å²) in [7, 11) is 0. The molecule has 3 aromatic heterocycles. The summed E-state index contributed by atoms with van der Waals surface area (Å²) in [4.78, 5) is 31.2. The number of fused-ring (bicyclic) bond motifs is 1. The molecular weight excluding hydrogens is 453 g/mol. The van der Waals surface area contributed by atoms with E-state index >= 15 is 0 Å². The fourth-order valence-corrected chi connectivity index (χ4v) is 4.93. The molecule has 0 spiro atoms. The van der Waals surface area contributed by atoms with E-state index in [9.17, 15) is 14.0 Å². The SMILES string of the molecule is CCCCCNC(=O)Cc1csc2nc(C)c(-c3cc(C)n(-c4cc(F)ccc4C)n3)c(=O)n12. The van der Waals surface area contributed by atoms with Crippen molar-refractivity contribution in [2.75, 3.05) is 6.54 Å². The summed E-state index contributed by atoms with van der Waals surface area (Å²) in [5, 5.41) is 9.36. The number of rotatable bonds is 8. The molecule has 0 aliphatic heterocycles. The summed E-state index contributed by atoms with van der Waals surface area (Å²) in [5.41, 5.74) is 3.98. The van der Waals surface area contributed by atoms with E-state index in [0.717, 1.165) is 30.5 Å². The van der Waals surface area contributed by atoms with Crippen molar-refractivity contribution in [1.29, 1.82) is 0 Å². The van der Waals surface area contributed by atoms with Gasteiger partial charge < -0.3 is 5.32 Å². The van der Waals surface area contributed by atoms with Crippen LogP contribution in [0.1, 0.15) is 48.8 Å². The van der Waals surface area contributed by atoms with Gasteiger partial charge in [-0.15, -0.1) is 11.3 Å². The number of hydrogen-bond donors (Lipinski definition) is 1. The first kappa shape index (κ1) is 23.8. The summed E-state index contributed by atoms with van der Waals surface area (Å²) in [6, 6.07) is 6.33. The summed E-state index contributed by atoms with van der Waals surface area (Å²) < 4.78 is 17.0. The van der Waals surface area contributed by atoms with Gasteiger partial charge in [0.2, 0.25) is 5.91 Å². The third-order valence-electron chi connectivity index (χ3n) is 5.81. The van der Waals surface area contributed by atoms with Crippen LogP contribution in [-0.4, -0.2) is 31.6 Å². The average Bonchev–Trinajstić information content (AvgIpc) is 3.36. The van der Waals surface area contributed by atoms with Gasteiger partial charge in [-0.2, -0.15) is 5.10 Å². The van der Waals surface area contributed by atoms with E-state index < -0.39 is 0 Å². The normalized spacial score (nSPS) is 11.3. The Bertz CT molecular complexity index is 1420. The highest BCUT2D eigenvalue weighted by Crippen LogP contribution is 2.25. The lowest BCUT2D eigenvalue weighted by Crippen LogP contribution is -2.28. The van der Waals surface area contributed by atoms with Gasteiger partial charge in [0, 0.05) is 23.3 Å². The number of benzene rings is 1. The highest BCUT2D eigenvalue weighted by molar-refractivity contribution is 7.15. The van der Waals surface area contributed by atoms with E-state index in [-0.39, 0.29) is 23.7 Å². The molecule has 1 amide bonds. The molecule has 178 valence electrons. The average molecular weight is 482 g/mol. The standard InChI is InChI=1S/C25H28FN5O2S/c1-5-6-7-10-27-22(32)13-19-14-34-25-28-17(4)23(24(33)30(19)25)20-11-16(3)31(29-20)21-12-18(26)9-8-15(21)2/h8-9,11-12,14H,5-7,10,13H2,1-4H3,(H,27,32). The van der Waals surface area contributed by atoms with Crippen molar-refractivity contribution in [3.63, 3.8) is 0 Å². The second-order valence-electron chi connectivity index (χ2n) is 8.47. The molecule has 4 rings (SSSR count). The fourth-order valence-electron chi connectivity index (χ4n) is 4.01. The van der Waals surface area contributed by atoms with Crippen molar-refractivity contribution in [2.24, 2.45) is 0 Å². The number of aryl methyl sites for hydroxylation is 3. The predicted molar refractivity (Wildman–Crippen MR) is 132 cm³/mol. The number of nitrogens with zero attached hydrogens (tertiary/aromatic N) is 4. The van der Waals surface area contributed by atoms with E-state index in [2.05, 4.69) is 22.3 Å². The van der Waals surface area contributed by atoms with E-state index in [1.54, 1.807) is 29.1 Å². The number of carbonyl (C=O) groups is 1. The molecule has 0 saturated heterocycles. The van der Waals surface area contributed by atoms with Gasteiger partial charge in [0.25, 0.3) is 5.56 Å². The van der Waals surface area contributed by atoms with Gasteiger partial charge in [-0.05, 0) is 51.0 Å². The predicted octanol–water partition coefficient (Wildman–Crippen LogP) is 4.52. The molecule has 0 unspecified atom stereocenters. The van der Waals surface area contributed by atoms with Crippen LogP contribution in [0.3, 0.4) is 0 Å². The summed E-state index contributed by atoms with van der Waals surface area (Å²) in [5.74, 6) is -0.473. The minimum atomic E-state index is -0.354. The first-order chi connectivity index (χ1) is 16.3. The van der Waals surface area contributed by atoms with E-state index in [4.69, 9.17) is 0 Å². The monoisotopic (exact) mass is 481 g/mol. The molecule has 4 aromatic rings. The van der Waals surface area contributed by atoms with Gasteiger partial charge >= 0.3 is 0 Å². The zero-order chi connectivity index (χ0) is 24.4. The second kappa shape index (κ2) is 9.89. The van der Waals surface area contributed by atoms with Gasteiger partial charge in [0.15, 0.2) is 4.96 Å². The maximum Gasteiger partial charge on any atom is 0.268 e. The molecule has 0 saturated carbocycles. The number of thiazole rings is 1. The first-order valence-corrected chi connectivity index (χ1v) is 12.3. The Kier molecular flexibility index (Phi) is 6.92. The molecular formula is C25H28FN5O2S. The van der Waals surface area contributed by atoms with Crippen molar-refractivity contribution in [1.82, 2.24) is 24.5 Å². The number of halogens is 1. The summed E-state index contributed by atoms with van der Waals surface area (Å²) in [6.45, 7) is 8.26. The Morgan fingerprint density at radius 3 is 2.74 bits per heavy atom. The maximum atomic E-state index is 13.9. The Morgan fingerprint density at radius 1 is 1.18 bits per heavy atom. The number of nitrogens with one attached hydrogen (secondary N) is 1. The minimum Gasteiger partial charge on any atom is -0.356 e. The maximum absolute atomic E-state index is 13.9. The first-order valence-electron chi connectivity index (χ1n) is 11.4. The van der Waals surface area contributed by atoms with Gasteiger partial charge in [-0.25, -0.2) is 14.1 Å². The molecule has 9 heteroatoms. The van der Waals surface area contributed by atoms with Gasteiger partial charge in [0.1, 0.15) is 11.5 Å². The number of amides is 1. The van der Waals surface area contributed by atoms with Crippen molar-refractivity contribution in [3.8, 4) is 16.9 Å². The summed E-state index contributed by atoms with van der Waals surface area (Å²) in [6.07, 6.45) is 3.19. The van der Waals surface area contributed by atoms with Gasteiger partial charge in [0.05, 0.1) is 23.4 Å². The smallest absolute Gasteiger partial charge is 0.268 e. The highest BCUT2D eigenvalue weighted by atomic mass is 32.1. The number of hydrogen-bond acceptors (Lipinski definition) is 5. The lowest BCUT2D eigenvalue weighted by Gasteiger charge is -2.08. The second-order valence-corrected chi connectivity index (χ2v) is 9.31. The molecule has 1 N–H and O–H groups in total. The zero-order valence-electron chi connectivity index (χ0n) is 19.8. The Balaban J connectivity index is 1.72. The minimum absolute atomic E-state index is 0.103. The van der Waals surface area contributed by atoms with E-state index in [1.807, 2.05) is 13.8 Å². The van der Waals surface area contributed by atoms with Crippen molar-refractivity contribution >= 4 is 22.2 Å². The molecule has 3 heterocycles. The van der Waals surface area contributed by atoms with Gasteiger partial charge in [-0.3, -0.25) is 14.0 Å². The largest absolute Gasteiger partial charge is 0.356 e. The Labute approximate surface area is 201 Å². The zero-order valence-corrected chi connectivity index (χ0v) is 20.6. The van der Waals surface area contributed by atoms with Gasteiger partial charge in [-0.1, -0.05) is 25.8 Å². The van der Waals surface area contributed by atoms with E-state index in [0.29, 0.717) is 39.8 Å². The van der Waals surface area contributed by atoms with Crippen LogP contribution >= 0.6 is 11.3 Å². The quantitative estimate of drug-likeness (QED) is 0.375. The van der Waals surface area contributed by atoms with E-state index in [1.165, 1.54) is 27.9 Å². The molecule has 0 bridgehead atoms. The van der Waals surface area contributed by atoms with Crippen LogP contribution in [0, 0.1) is 26.6 Å². The number of carbonyl (C=O) groups excluding carboxylic acids is 1. The fraction of sp³-hybridized carbons (Fsp3) is 0.360.